The second-order valence-corrected chi connectivity index (χ2v) is 6.55. The fraction of sp³-hybridized carbons (Fsp3) is 0.353. The molecule has 0 unspecified atom stereocenters. The first-order valence-electron chi connectivity index (χ1n) is 7.60. The highest BCUT2D eigenvalue weighted by molar-refractivity contribution is 8.00. The van der Waals surface area contributed by atoms with Gasteiger partial charge in [-0.2, -0.15) is 0 Å². The molecular formula is C17H17NO4S. The van der Waals surface area contributed by atoms with Crippen LogP contribution in [-0.2, 0) is 14.4 Å². The van der Waals surface area contributed by atoms with Gasteiger partial charge in [0.05, 0.1) is 11.4 Å². The van der Waals surface area contributed by atoms with E-state index in [1.165, 1.54) is 11.8 Å². The summed E-state index contributed by atoms with van der Waals surface area (Å²) in [5, 5.41) is 10.4. The van der Waals surface area contributed by atoms with Crippen LogP contribution in [0.3, 0.4) is 0 Å². The number of thioether (sulfide) groups is 1. The van der Waals surface area contributed by atoms with Crippen LogP contribution in [0.5, 0.6) is 0 Å². The Morgan fingerprint density at radius 1 is 1.22 bits per heavy atom. The van der Waals surface area contributed by atoms with Crippen molar-refractivity contribution < 1.29 is 19.5 Å². The van der Waals surface area contributed by atoms with Crippen LogP contribution in [0.1, 0.15) is 31.7 Å². The van der Waals surface area contributed by atoms with Crippen molar-refractivity contribution in [3.05, 3.63) is 29.3 Å². The van der Waals surface area contributed by atoms with Crippen LogP contribution in [0.4, 0.5) is 5.69 Å². The Morgan fingerprint density at radius 2 is 1.91 bits per heavy atom. The summed E-state index contributed by atoms with van der Waals surface area (Å²) in [7, 11) is 0. The summed E-state index contributed by atoms with van der Waals surface area (Å²) in [6.07, 6.45) is 1.10. The summed E-state index contributed by atoms with van der Waals surface area (Å²) in [6.45, 7) is 2.42. The average Bonchev–Trinajstić information content (AvgIpc) is 2.54. The molecule has 1 aromatic carbocycles. The number of aliphatic hydroxyl groups is 1. The molecule has 5 nitrogen and oxygen atoms in total. The standard InChI is InChI=1S/C17H17NO4S/c1-2-18-11-8-10(6-7-14(11)23-9-15(18)21)17(22)16-12(19)4-3-5-13(16)20/h6-8,22H,2-5,9H2,1H3. The molecule has 23 heavy (non-hydrogen) atoms. The molecule has 0 aromatic heterocycles. The monoisotopic (exact) mass is 331 g/mol. The third-order valence-electron chi connectivity index (χ3n) is 4.09. The van der Waals surface area contributed by atoms with Gasteiger partial charge in [-0.15, -0.1) is 11.8 Å². The molecule has 0 spiro atoms. The Bertz CT molecular complexity index is 720. The van der Waals surface area contributed by atoms with Crippen molar-refractivity contribution in [3.63, 3.8) is 0 Å². The lowest BCUT2D eigenvalue weighted by Crippen LogP contribution is -2.35. The lowest BCUT2D eigenvalue weighted by atomic mass is 9.89. The van der Waals surface area contributed by atoms with Gasteiger partial charge in [-0.25, -0.2) is 0 Å². The number of fused-ring (bicyclic) bond motifs is 1. The van der Waals surface area contributed by atoms with Crippen LogP contribution in [0, 0.1) is 0 Å². The zero-order valence-electron chi connectivity index (χ0n) is 12.8. The number of amides is 1. The Hall–Kier alpha value is -2.08. The summed E-state index contributed by atoms with van der Waals surface area (Å²) in [5.41, 5.74) is 1.01. The number of hydrogen-bond donors (Lipinski definition) is 1. The number of allylic oxidation sites excluding steroid dienone is 1. The van der Waals surface area contributed by atoms with Crippen molar-refractivity contribution in [1.82, 2.24) is 0 Å². The number of ketones is 2. The highest BCUT2D eigenvalue weighted by Crippen LogP contribution is 2.37. The first-order valence-corrected chi connectivity index (χ1v) is 8.58. The first kappa shape index (κ1) is 15.8. The molecule has 0 radical (unpaired) electrons. The number of benzene rings is 1. The predicted octanol–water partition coefficient (Wildman–Crippen LogP) is 2.74. The molecule has 120 valence electrons. The molecule has 1 saturated carbocycles. The smallest absolute Gasteiger partial charge is 0.237 e. The van der Waals surface area contributed by atoms with Gasteiger partial charge in [0.25, 0.3) is 0 Å². The fourth-order valence-electron chi connectivity index (χ4n) is 2.92. The largest absolute Gasteiger partial charge is 0.506 e. The molecule has 3 rings (SSSR count). The van der Waals surface area contributed by atoms with Crippen LogP contribution < -0.4 is 4.90 Å². The molecule has 6 heteroatoms. The topological polar surface area (TPSA) is 74.7 Å². The lowest BCUT2D eigenvalue weighted by molar-refractivity contribution is -0.123. The van der Waals surface area contributed by atoms with E-state index >= 15 is 0 Å². The Kier molecular flexibility index (Phi) is 4.26. The van der Waals surface area contributed by atoms with Crippen molar-refractivity contribution in [2.24, 2.45) is 0 Å². The maximum atomic E-state index is 12.0. The number of aliphatic hydroxyl groups excluding tert-OH is 1. The molecule has 1 aliphatic carbocycles. The third-order valence-corrected chi connectivity index (χ3v) is 5.14. The number of anilines is 1. The molecule has 0 saturated heterocycles. The molecule has 1 aliphatic heterocycles. The van der Waals surface area contributed by atoms with Gasteiger partial charge in [0.2, 0.25) is 5.91 Å². The molecule has 1 N–H and O–H groups in total. The first-order chi connectivity index (χ1) is 11.0. The lowest BCUT2D eigenvalue weighted by Gasteiger charge is -2.28. The molecule has 1 heterocycles. The molecular weight excluding hydrogens is 314 g/mol. The molecule has 1 aromatic rings. The van der Waals surface area contributed by atoms with Gasteiger partial charge >= 0.3 is 0 Å². The van der Waals surface area contributed by atoms with Crippen molar-refractivity contribution >= 4 is 40.7 Å². The highest BCUT2D eigenvalue weighted by atomic mass is 32.2. The van der Waals surface area contributed by atoms with E-state index in [-0.39, 0.29) is 41.6 Å². The minimum absolute atomic E-state index is 0.0131. The maximum absolute atomic E-state index is 12.0. The highest BCUT2D eigenvalue weighted by Gasteiger charge is 2.29. The van der Waals surface area contributed by atoms with E-state index in [0.29, 0.717) is 30.0 Å². The van der Waals surface area contributed by atoms with Gasteiger partial charge in [0.1, 0.15) is 11.3 Å². The van der Waals surface area contributed by atoms with E-state index in [0.717, 1.165) is 4.90 Å². The second kappa shape index (κ2) is 6.20. The van der Waals surface area contributed by atoms with Crippen molar-refractivity contribution in [3.8, 4) is 0 Å². The molecule has 0 atom stereocenters. The molecule has 2 aliphatic rings. The minimum atomic E-state index is -0.311. The number of Topliss-reactive ketones (excluding diaryl/α,β-unsaturated/α-hetero) is 2. The normalized spacial score (nSPS) is 18.2. The van der Waals surface area contributed by atoms with Gasteiger partial charge < -0.3 is 10.0 Å². The fourth-order valence-corrected chi connectivity index (χ4v) is 3.84. The van der Waals surface area contributed by atoms with Gasteiger partial charge in [-0.3, -0.25) is 14.4 Å². The molecule has 1 fully saturated rings. The predicted molar refractivity (Wildman–Crippen MR) is 88.6 cm³/mol. The number of hydrogen-bond acceptors (Lipinski definition) is 5. The average molecular weight is 331 g/mol. The van der Waals surface area contributed by atoms with Crippen molar-refractivity contribution in [2.45, 2.75) is 31.1 Å². The van der Waals surface area contributed by atoms with Crippen molar-refractivity contribution in [2.75, 3.05) is 17.2 Å². The Labute approximate surface area is 138 Å². The third kappa shape index (κ3) is 2.79. The van der Waals surface area contributed by atoms with E-state index in [1.807, 2.05) is 13.0 Å². The zero-order chi connectivity index (χ0) is 16.6. The number of carbonyl (C=O) groups excluding carboxylic acids is 3. The Morgan fingerprint density at radius 3 is 2.57 bits per heavy atom. The summed E-state index contributed by atoms with van der Waals surface area (Å²) >= 11 is 1.45. The summed E-state index contributed by atoms with van der Waals surface area (Å²) in [4.78, 5) is 38.5. The van der Waals surface area contributed by atoms with Gasteiger partial charge in [0.15, 0.2) is 11.6 Å². The molecule has 1 amide bonds. The summed E-state index contributed by atoms with van der Waals surface area (Å²) in [6, 6.07) is 5.19. The second-order valence-electron chi connectivity index (χ2n) is 5.53. The van der Waals surface area contributed by atoms with E-state index in [1.54, 1.807) is 17.0 Å². The van der Waals surface area contributed by atoms with Gasteiger partial charge in [0, 0.05) is 29.8 Å². The van der Waals surface area contributed by atoms with Crippen LogP contribution in [-0.4, -0.2) is 34.9 Å². The number of carbonyl (C=O) groups is 3. The minimum Gasteiger partial charge on any atom is -0.506 e. The van der Waals surface area contributed by atoms with Crippen LogP contribution in [0.2, 0.25) is 0 Å². The zero-order valence-corrected chi connectivity index (χ0v) is 13.6. The maximum Gasteiger partial charge on any atom is 0.237 e. The van der Waals surface area contributed by atoms with Crippen LogP contribution in [0.15, 0.2) is 28.7 Å². The Balaban J connectivity index is 2.08. The molecule has 0 bridgehead atoms. The van der Waals surface area contributed by atoms with Crippen LogP contribution in [0.25, 0.3) is 5.76 Å². The SMILES string of the molecule is CCN1C(=O)CSc2ccc(C(O)=C3C(=O)CCCC3=O)cc21. The van der Waals surface area contributed by atoms with Gasteiger partial charge in [-0.1, -0.05) is 0 Å². The van der Waals surface area contributed by atoms with Crippen molar-refractivity contribution in [1.29, 1.82) is 0 Å². The summed E-state index contributed by atoms with van der Waals surface area (Å²) < 4.78 is 0. The van der Waals surface area contributed by atoms with Gasteiger partial charge in [-0.05, 0) is 31.5 Å². The van der Waals surface area contributed by atoms with E-state index in [2.05, 4.69) is 0 Å². The summed E-state index contributed by atoms with van der Waals surface area (Å²) in [5.74, 6) is -0.492. The van der Waals surface area contributed by atoms with E-state index < -0.39 is 0 Å². The number of nitrogens with zero attached hydrogens (tertiary/aromatic N) is 1. The number of rotatable bonds is 2. The van der Waals surface area contributed by atoms with E-state index in [9.17, 15) is 19.5 Å². The van der Waals surface area contributed by atoms with E-state index in [4.69, 9.17) is 0 Å². The van der Waals surface area contributed by atoms with Crippen LogP contribution >= 0.6 is 11.8 Å². The quantitative estimate of drug-likeness (QED) is 0.512.